The first-order chi connectivity index (χ1) is 8.08. The van der Waals surface area contributed by atoms with E-state index in [0.29, 0.717) is 5.56 Å². The van der Waals surface area contributed by atoms with Crippen LogP contribution < -0.4 is 0 Å². The molecule has 0 amide bonds. The van der Waals surface area contributed by atoms with Gasteiger partial charge in [0.2, 0.25) is 0 Å². The number of phenols is 2. The molecular weight excluding hydrogens is 216 g/mol. The predicted octanol–water partition coefficient (Wildman–Crippen LogP) is 2.97. The average Bonchev–Trinajstić information content (AvgIpc) is 2.28. The number of hydrogen-bond donors (Lipinski definition) is 2. The van der Waals surface area contributed by atoms with Crippen LogP contribution in [0.3, 0.4) is 0 Å². The molecule has 0 bridgehead atoms. The maximum atomic E-state index is 11.2. The normalized spacial score (nSPS) is 10.2. The summed E-state index contributed by atoms with van der Waals surface area (Å²) in [6.45, 7) is 1.41. The highest BCUT2D eigenvalue weighted by atomic mass is 16.3. The van der Waals surface area contributed by atoms with Crippen LogP contribution in [0.2, 0.25) is 0 Å². The van der Waals surface area contributed by atoms with Crippen LogP contribution in [-0.2, 0) is 0 Å². The summed E-state index contributed by atoms with van der Waals surface area (Å²) in [4.78, 5) is 11.2. The second kappa shape index (κ2) is 4.29. The number of aromatic hydroxyl groups is 2. The summed E-state index contributed by atoms with van der Waals surface area (Å²) in [5.41, 5.74) is 1.84. The first kappa shape index (κ1) is 11.2. The van der Waals surface area contributed by atoms with Gasteiger partial charge in [0, 0.05) is 0 Å². The van der Waals surface area contributed by atoms with E-state index in [2.05, 4.69) is 0 Å². The molecule has 0 saturated carbocycles. The molecule has 0 spiro atoms. The van der Waals surface area contributed by atoms with E-state index in [4.69, 9.17) is 0 Å². The van der Waals surface area contributed by atoms with E-state index < -0.39 is 0 Å². The van der Waals surface area contributed by atoms with Gasteiger partial charge in [0.25, 0.3) is 0 Å². The van der Waals surface area contributed by atoms with Crippen molar-refractivity contribution in [3.63, 3.8) is 0 Å². The van der Waals surface area contributed by atoms with Crippen LogP contribution >= 0.6 is 0 Å². The van der Waals surface area contributed by atoms with E-state index in [0.717, 1.165) is 11.1 Å². The van der Waals surface area contributed by atoms with Gasteiger partial charge in [-0.1, -0.05) is 18.2 Å². The van der Waals surface area contributed by atoms with E-state index in [9.17, 15) is 15.0 Å². The second-order valence-electron chi connectivity index (χ2n) is 3.84. The minimum Gasteiger partial charge on any atom is -0.508 e. The molecule has 0 heterocycles. The third-order valence-electron chi connectivity index (χ3n) is 2.56. The minimum absolute atomic E-state index is 0.0432. The van der Waals surface area contributed by atoms with Crippen molar-refractivity contribution in [1.29, 1.82) is 0 Å². The Labute approximate surface area is 99.0 Å². The molecule has 0 fully saturated rings. The van der Waals surface area contributed by atoms with Crippen LogP contribution in [-0.4, -0.2) is 16.0 Å². The van der Waals surface area contributed by atoms with Crippen molar-refractivity contribution in [2.75, 3.05) is 0 Å². The summed E-state index contributed by atoms with van der Waals surface area (Å²) in [5.74, 6) is -0.0547. The molecule has 0 aliphatic rings. The van der Waals surface area contributed by atoms with Gasteiger partial charge in [-0.3, -0.25) is 4.79 Å². The number of carbonyl (C=O) groups is 1. The Balaban J connectivity index is 2.48. The van der Waals surface area contributed by atoms with Gasteiger partial charge in [-0.15, -0.1) is 0 Å². The van der Waals surface area contributed by atoms with E-state index >= 15 is 0 Å². The molecule has 0 radical (unpaired) electrons. The molecule has 17 heavy (non-hydrogen) atoms. The summed E-state index contributed by atoms with van der Waals surface area (Å²) in [5, 5.41) is 19.1. The number of hydrogen-bond acceptors (Lipinski definition) is 3. The van der Waals surface area contributed by atoms with Gasteiger partial charge in [0.05, 0.1) is 5.56 Å². The van der Waals surface area contributed by atoms with Gasteiger partial charge in [-0.2, -0.15) is 0 Å². The van der Waals surface area contributed by atoms with Crippen LogP contribution in [0.5, 0.6) is 11.5 Å². The zero-order valence-electron chi connectivity index (χ0n) is 9.34. The molecule has 0 aliphatic carbocycles. The lowest BCUT2D eigenvalue weighted by atomic mass is 10.0. The molecule has 2 aromatic rings. The van der Waals surface area contributed by atoms with Gasteiger partial charge in [0.1, 0.15) is 11.5 Å². The van der Waals surface area contributed by atoms with Crippen molar-refractivity contribution in [1.82, 2.24) is 0 Å². The van der Waals surface area contributed by atoms with Crippen LogP contribution in [0.25, 0.3) is 11.1 Å². The molecule has 0 saturated heterocycles. The fraction of sp³-hybridized carbons (Fsp3) is 0.0714. The van der Waals surface area contributed by atoms with Crippen molar-refractivity contribution in [3.05, 3.63) is 48.0 Å². The minimum atomic E-state index is -0.176. The van der Waals surface area contributed by atoms with Crippen LogP contribution in [0.15, 0.2) is 42.5 Å². The van der Waals surface area contributed by atoms with Crippen LogP contribution in [0.1, 0.15) is 17.3 Å². The largest absolute Gasteiger partial charge is 0.508 e. The average molecular weight is 228 g/mol. The van der Waals surface area contributed by atoms with Crippen molar-refractivity contribution in [2.45, 2.75) is 6.92 Å². The topological polar surface area (TPSA) is 57.5 Å². The van der Waals surface area contributed by atoms with Gasteiger partial charge in [-0.25, -0.2) is 0 Å². The Morgan fingerprint density at radius 1 is 1.00 bits per heavy atom. The summed E-state index contributed by atoms with van der Waals surface area (Å²) >= 11 is 0. The number of benzene rings is 2. The Hall–Kier alpha value is -2.29. The smallest absolute Gasteiger partial charge is 0.163 e. The van der Waals surface area contributed by atoms with Gasteiger partial charge < -0.3 is 10.2 Å². The van der Waals surface area contributed by atoms with Gasteiger partial charge >= 0.3 is 0 Å². The maximum absolute atomic E-state index is 11.2. The molecule has 2 N–H and O–H groups in total. The fourth-order valence-corrected chi connectivity index (χ4v) is 1.69. The highest BCUT2D eigenvalue weighted by Crippen LogP contribution is 2.28. The molecule has 2 rings (SSSR count). The van der Waals surface area contributed by atoms with Gasteiger partial charge in [0.15, 0.2) is 5.78 Å². The fourth-order valence-electron chi connectivity index (χ4n) is 1.69. The van der Waals surface area contributed by atoms with Gasteiger partial charge in [-0.05, 0) is 42.3 Å². The third kappa shape index (κ3) is 2.28. The summed E-state index contributed by atoms with van der Waals surface area (Å²) < 4.78 is 0. The van der Waals surface area contributed by atoms with Crippen molar-refractivity contribution in [3.8, 4) is 22.6 Å². The summed E-state index contributed by atoms with van der Waals surface area (Å²) in [6.07, 6.45) is 0. The van der Waals surface area contributed by atoms with Crippen LogP contribution in [0, 0.1) is 0 Å². The number of phenolic OH excluding ortho intramolecular Hbond substituents is 2. The molecule has 3 heteroatoms. The monoisotopic (exact) mass is 228 g/mol. The van der Waals surface area contributed by atoms with E-state index in [-0.39, 0.29) is 17.3 Å². The molecular formula is C14H12O3. The molecule has 0 aromatic heterocycles. The van der Waals surface area contributed by atoms with Crippen molar-refractivity contribution >= 4 is 5.78 Å². The molecule has 2 aromatic carbocycles. The van der Waals surface area contributed by atoms with Crippen LogP contribution in [0.4, 0.5) is 0 Å². The Kier molecular flexibility index (Phi) is 2.83. The second-order valence-corrected chi connectivity index (χ2v) is 3.84. The maximum Gasteiger partial charge on any atom is 0.163 e. The standard InChI is InChI=1S/C14H12O3/c1-9(15)13-6-5-11(8-14(13)17)10-3-2-4-12(16)7-10/h2-8,16-17H,1H3. The quantitative estimate of drug-likeness (QED) is 0.777. The summed E-state index contributed by atoms with van der Waals surface area (Å²) in [7, 11) is 0. The Morgan fingerprint density at radius 2 is 1.71 bits per heavy atom. The van der Waals surface area contributed by atoms with Crippen molar-refractivity contribution in [2.24, 2.45) is 0 Å². The first-order valence-corrected chi connectivity index (χ1v) is 5.21. The Morgan fingerprint density at radius 3 is 2.29 bits per heavy atom. The Bertz CT molecular complexity index is 573. The lowest BCUT2D eigenvalue weighted by Crippen LogP contribution is -1.92. The summed E-state index contributed by atoms with van der Waals surface area (Å²) in [6, 6.07) is 11.6. The third-order valence-corrected chi connectivity index (χ3v) is 2.56. The highest BCUT2D eigenvalue weighted by Gasteiger charge is 2.08. The lowest BCUT2D eigenvalue weighted by Gasteiger charge is -2.05. The number of ketones is 1. The molecule has 0 aliphatic heterocycles. The number of carbonyl (C=O) groups excluding carboxylic acids is 1. The van der Waals surface area contributed by atoms with E-state index in [1.165, 1.54) is 13.0 Å². The molecule has 0 unspecified atom stereocenters. The predicted molar refractivity (Wildman–Crippen MR) is 65.2 cm³/mol. The number of Topliss-reactive ketones (excluding diaryl/α,β-unsaturated/α-hetero) is 1. The zero-order chi connectivity index (χ0) is 12.4. The zero-order valence-corrected chi connectivity index (χ0v) is 9.34. The number of rotatable bonds is 2. The first-order valence-electron chi connectivity index (χ1n) is 5.21. The molecule has 3 nitrogen and oxygen atoms in total. The molecule has 86 valence electrons. The van der Waals surface area contributed by atoms with Crippen molar-refractivity contribution < 1.29 is 15.0 Å². The lowest BCUT2D eigenvalue weighted by molar-refractivity contribution is 0.101. The SMILES string of the molecule is CC(=O)c1ccc(-c2cccc(O)c2)cc1O. The molecule has 0 atom stereocenters. The van der Waals surface area contributed by atoms with E-state index in [1.54, 1.807) is 30.3 Å². The highest BCUT2D eigenvalue weighted by molar-refractivity contribution is 5.97. The van der Waals surface area contributed by atoms with E-state index in [1.807, 2.05) is 6.07 Å².